The molecule has 4 rings (SSSR count). The van der Waals surface area contributed by atoms with Crippen LogP contribution in [0.15, 0.2) is 36.5 Å². The summed E-state index contributed by atoms with van der Waals surface area (Å²) in [7, 11) is 3.59. The number of methoxy groups -OCH3 is 1. The molecule has 0 saturated heterocycles. The van der Waals surface area contributed by atoms with E-state index >= 15 is 0 Å². The summed E-state index contributed by atoms with van der Waals surface area (Å²) in [5, 5.41) is 1.09. The molecule has 1 aromatic carbocycles. The van der Waals surface area contributed by atoms with Crippen molar-refractivity contribution in [3.63, 3.8) is 0 Å². The van der Waals surface area contributed by atoms with Gasteiger partial charge in [0, 0.05) is 30.7 Å². The first-order chi connectivity index (χ1) is 13.6. The molecule has 0 fully saturated rings. The minimum Gasteiger partial charge on any atom is -0.494 e. The van der Waals surface area contributed by atoms with Crippen LogP contribution in [0, 0.1) is 5.92 Å². The maximum absolute atomic E-state index is 11.3. The second kappa shape index (κ2) is 7.11. The monoisotopic (exact) mass is 376 g/mol. The predicted octanol–water partition coefficient (Wildman–Crippen LogP) is 4.46. The number of fused-ring (bicyclic) bond motifs is 2. The molecule has 1 atom stereocenters. The molecule has 0 bridgehead atoms. The molecule has 0 aliphatic heterocycles. The normalized spacial score (nSPS) is 12.6. The summed E-state index contributed by atoms with van der Waals surface area (Å²) in [5.41, 5.74) is 4.15. The lowest BCUT2D eigenvalue weighted by atomic mass is 10.1. The van der Waals surface area contributed by atoms with Crippen LogP contribution in [0.4, 0.5) is 0 Å². The summed E-state index contributed by atoms with van der Waals surface area (Å²) in [5.74, 6) is 1.99. The molecule has 0 aliphatic carbocycles. The number of hydrogen-bond donors (Lipinski definition) is 0. The number of aryl methyl sites for hydroxylation is 1. The number of ether oxygens (including phenoxy) is 1. The van der Waals surface area contributed by atoms with E-state index in [2.05, 4.69) is 35.5 Å². The molecule has 4 aromatic rings. The van der Waals surface area contributed by atoms with Crippen molar-refractivity contribution in [1.82, 2.24) is 19.1 Å². The lowest BCUT2D eigenvalue weighted by Crippen LogP contribution is -2.10. The SMILES string of the molecule is CCC(C)Cn1c(-c2nc3cc(C=O)cc(OC)c3n2C)cc2cccnc21. The summed E-state index contributed by atoms with van der Waals surface area (Å²) in [6.07, 6.45) is 3.73. The molecule has 0 spiro atoms. The van der Waals surface area contributed by atoms with Crippen LogP contribution in [0.3, 0.4) is 0 Å². The van der Waals surface area contributed by atoms with E-state index in [1.54, 1.807) is 19.2 Å². The highest BCUT2D eigenvalue weighted by atomic mass is 16.5. The smallest absolute Gasteiger partial charge is 0.157 e. The summed E-state index contributed by atoms with van der Waals surface area (Å²) >= 11 is 0. The minimum atomic E-state index is 0.516. The van der Waals surface area contributed by atoms with Crippen molar-refractivity contribution in [3.05, 3.63) is 42.1 Å². The van der Waals surface area contributed by atoms with Crippen LogP contribution in [-0.2, 0) is 13.6 Å². The van der Waals surface area contributed by atoms with Crippen molar-refractivity contribution in [1.29, 1.82) is 0 Å². The molecule has 6 heteroatoms. The van der Waals surface area contributed by atoms with Crippen molar-refractivity contribution in [3.8, 4) is 17.3 Å². The van der Waals surface area contributed by atoms with Gasteiger partial charge in [-0.15, -0.1) is 0 Å². The summed E-state index contributed by atoms with van der Waals surface area (Å²) in [4.78, 5) is 20.8. The van der Waals surface area contributed by atoms with Gasteiger partial charge in [0.1, 0.15) is 23.2 Å². The maximum Gasteiger partial charge on any atom is 0.157 e. The van der Waals surface area contributed by atoms with Gasteiger partial charge < -0.3 is 13.9 Å². The van der Waals surface area contributed by atoms with Crippen LogP contribution in [0.25, 0.3) is 33.6 Å². The van der Waals surface area contributed by atoms with E-state index in [0.717, 1.165) is 52.8 Å². The van der Waals surface area contributed by atoms with Gasteiger partial charge in [-0.3, -0.25) is 4.79 Å². The standard InChI is InChI=1S/C22H24N4O2/c1-5-14(2)12-26-18(11-16-7-6-8-23-21(16)26)22-24-17-9-15(13-27)10-19(28-4)20(17)25(22)3/h6-11,13-14H,5,12H2,1-4H3. The number of imidazole rings is 1. The van der Waals surface area contributed by atoms with E-state index in [0.29, 0.717) is 17.2 Å². The van der Waals surface area contributed by atoms with Gasteiger partial charge in [0.05, 0.1) is 18.3 Å². The zero-order chi connectivity index (χ0) is 19.8. The molecular formula is C22H24N4O2. The van der Waals surface area contributed by atoms with E-state index < -0.39 is 0 Å². The zero-order valence-corrected chi connectivity index (χ0v) is 16.6. The van der Waals surface area contributed by atoms with Crippen LogP contribution in [0.1, 0.15) is 30.6 Å². The molecule has 3 aromatic heterocycles. The lowest BCUT2D eigenvalue weighted by Gasteiger charge is -2.14. The molecule has 1 unspecified atom stereocenters. The molecule has 6 nitrogen and oxygen atoms in total. The van der Waals surface area contributed by atoms with Crippen LogP contribution >= 0.6 is 0 Å². The van der Waals surface area contributed by atoms with Gasteiger partial charge in [-0.05, 0) is 36.2 Å². The molecular weight excluding hydrogens is 352 g/mol. The fraction of sp³-hybridized carbons (Fsp3) is 0.318. The Kier molecular flexibility index (Phi) is 4.63. The van der Waals surface area contributed by atoms with Gasteiger partial charge in [-0.1, -0.05) is 20.3 Å². The largest absolute Gasteiger partial charge is 0.494 e. The Morgan fingerprint density at radius 3 is 2.82 bits per heavy atom. The van der Waals surface area contributed by atoms with Crippen molar-refractivity contribution in [2.45, 2.75) is 26.8 Å². The highest BCUT2D eigenvalue weighted by molar-refractivity contribution is 5.92. The third kappa shape index (κ3) is 2.85. The van der Waals surface area contributed by atoms with Gasteiger partial charge in [0.2, 0.25) is 0 Å². The third-order valence-corrected chi connectivity index (χ3v) is 5.39. The number of benzene rings is 1. The average Bonchev–Trinajstić information content (AvgIpc) is 3.24. The Labute approximate surface area is 163 Å². The van der Waals surface area contributed by atoms with Gasteiger partial charge in [0.25, 0.3) is 0 Å². The summed E-state index contributed by atoms with van der Waals surface area (Å²) < 4.78 is 9.81. The summed E-state index contributed by atoms with van der Waals surface area (Å²) in [6.45, 7) is 5.31. The molecule has 0 N–H and O–H groups in total. The number of rotatable bonds is 6. The highest BCUT2D eigenvalue weighted by Crippen LogP contribution is 2.34. The van der Waals surface area contributed by atoms with E-state index in [-0.39, 0.29) is 0 Å². The first kappa shape index (κ1) is 18.2. The second-order valence-electron chi connectivity index (χ2n) is 7.27. The fourth-order valence-electron chi connectivity index (χ4n) is 3.68. The average molecular weight is 376 g/mol. The van der Waals surface area contributed by atoms with Gasteiger partial charge in [-0.2, -0.15) is 0 Å². The van der Waals surface area contributed by atoms with Crippen LogP contribution in [0.5, 0.6) is 5.75 Å². The topological polar surface area (TPSA) is 61.9 Å². The number of carbonyl (C=O) groups excluding carboxylic acids is 1. The van der Waals surface area contributed by atoms with E-state index in [9.17, 15) is 4.79 Å². The van der Waals surface area contributed by atoms with Crippen LogP contribution in [-0.4, -0.2) is 32.5 Å². The molecule has 0 radical (unpaired) electrons. The van der Waals surface area contributed by atoms with Crippen molar-refractivity contribution < 1.29 is 9.53 Å². The fourth-order valence-corrected chi connectivity index (χ4v) is 3.68. The minimum absolute atomic E-state index is 0.516. The van der Waals surface area contributed by atoms with Crippen molar-refractivity contribution in [2.75, 3.05) is 7.11 Å². The Hall–Kier alpha value is -3.15. The Morgan fingerprint density at radius 2 is 2.11 bits per heavy atom. The van der Waals surface area contributed by atoms with E-state index in [4.69, 9.17) is 9.72 Å². The number of aromatic nitrogens is 4. The van der Waals surface area contributed by atoms with E-state index in [1.165, 1.54) is 0 Å². The predicted molar refractivity (Wildman–Crippen MR) is 111 cm³/mol. The van der Waals surface area contributed by atoms with Crippen molar-refractivity contribution in [2.24, 2.45) is 13.0 Å². The van der Waals surface area contributed by atoms with Gasteiger partial charge >= 0.3 is 0 Å². The Balaban J connectivity index is 2.00. The number of aldehydes is 1. The number of hydrogen-bond acceptors (Lipinski definition) is 4. The molecule has 0 amide bonds. The van der Waals surface area contributed by atoms with Gasteiger partial charge in [0.15, 0.2) is 5.82 Å². The van der Waals surface area contributed by atoms with Gasteiger partial charge in [-0.25, -0.2) is 9.97 Å². The van der Waals surface area contributed by atoms with Crippen LogP contribution in [0.2, 0.25) is 0 Å². The zero-order valence-electron chi connectivity index (χ0n) is 16.6. The van der Waals surface area contributed by atoms with Crippen LogP contribution < -0.4 is 4.74 Å². The molecule has 0 aliphatic rings. The second-order valence-corrected chi connectivity index (χ2v) is 7.27. The Morgan fingerprint density at radius 1 is 1.29 bits per heavy atom. The first-order valence-corrected chi connectivity index (χ1v) is 9.51. The highest BCUT2D eigenvalue weighted by Gasteiger charge is 2.20. The Bertz CT molecular complexity index is 1170. The number of carbonyl (C=O) groups is 1. The molecule has 28 heavy (non-hydrogen) atoms. The maximum atomic E-state index is 11.3. The third-order valence-electron chi connectivity index (χ3n) is 5.39. The van der Waals surface area contributed by atoms with E-state index in [1.807, 2.05) is 23.9 Å². The van der Waals surface area contributed by atoms with Crippen molar-refractivity contribution >= 4 is 28.4 Å². The summed E-state index contributed by atoms with van der Waals surface area (Å²) in [6, 6.07) is 9.71. The number of pyridine rings is 1. The molecule has 144 valence electrons. The molecule has 0 saturated carbocycles. The quantitative estimate of drug-likeness (QED) is 0.466. The number of nitrogens with zero attached hydrogens (tertiary/aromatic N) is 4. The first-order valence-electron chi connectivity index (χ1n) is 9.51. The molecule has 3 heterocycles. The lowest BCUT2D eigenvalue weighted by molar-refractivity contribution is 0.112.